The highest BCUT2D eigenvalue weighted by molar-refractivity contribution is 7.91. The zero-order valence-corrected chi connectivity index (χ0v) is 12.4. The third kappa shape index (κ3) is 3.74. The summed E-state index contributed by atoms with van der Waals surface area (Å²) in [5.74, 6) is -0.246. The number of hydrogen-bond acceptors (Lipinski definition) is 7. The van der Waals surface area contributed by atoms with Crippen LogP contribution in [-0.4, -0.2) is 39.5 Å². The number of anilines is 2. The van der Waals surface area contributed by atoms with Crippen molar-refractivity contribution in [3.63, 3.8) is 0 Å². The number of nitrogen functional groups attached to an aromatic ring is 1. The van der Waals surface area contributed by atoms with E-state index in [4.69, 9.17) is 16.2 Å². The molecule has 0 saturated heterocycles. The van der Waals surface area contributed by atoms with Crippen LogP contribution in [-0.2, 0) is 9.84 Å². The van der Waals surface area contributed by atoms with Crippen molar-refractivity contribution in [3.05, 3.63) is 4.88 Å². The highest BCUT2D eigenvalue weighted by Crippen LogP contribution is 2.41. The number of primary amides is 1. The molecule has 1 aromatic rings. The molecule has 108 valence electrons. The highest BCUT2D eigenvalue weighted by atomic mass is 32.2. The second-order valence-electron chi connectivity index (χ2n) is 3.73. The largest absolute Gasteiger partial charge is 0.492 e. The molecule has 0 bridgehead atoms. The van der Waals surface area contributed by atoms with Crippen molar-refractivity contribution in [2.75, 3.05) is 36.2 Å². The molecular formula is C10H17N3O4S2. The fraction of sp³-hybridized carbons (Fsp3) is 0.500. The third-order valence-corrected chi connectivity index (χ3v) is 5.33. The van der Waals surface area contributed by atoms with Crippen molar-refractivity contribution in [1.29, 1.82) is 0 Å². The third-order valence-electron chi connectivity index (χ3n) is 2.47. The Kier molecular flexibility index (Phi) is 5.01. The van der Waals surface area contributed by atoms with Crippen molar-refractivity contribution in [3.8, 4) is 5.75 Å². The van der Waals surface area contributed by atoms with Gasteiger partial charge in [0, 0.05) is 12.3 Å². The van der Waals surface area contributed by atoms with E-state index >= 15 is 0 Å². The molecule has 0 aliphatic heterocycles. The summed E-state index contributed by atoms with van der Waals surface area (Å²) in [7, 11) is -1.64. The summed E-state index contributed by atoms with van der Waals surface area (Å²) in [5, 5.41) is 3.40. The number of nitrogens with two attached hydrogens (primary N) is 2. The summed E-state index contributed by atoms with van der Waals surface area (Å²) in [4.78, 5) is 11.3. The van der Waals surface area contributed by atoms with E-state index in [1.54, 1.807) is 6.92 Å². The molecule has 0 spiro atoms. The molecule has 19 heavy (non-hydrogen) atoms. The molecule has 5 N–H and O–H groups in total. The molecule has 1 aromatic heterocycles. The molecule has 9 heteroatoms. The Balaban J connectivity index is 2.84. The van der Waals surface area contributed by atoms with Crippen LogP contribution < -0.4 is 21.5 Å². The van der Waals surface area contributed by atoms with E-state index in [0.717, 1.165) is 11.3 Å². The lowest BCUT2D eigenvalue weighted by Gasteiger charge is -2.06. The SMILES string of the molecule is CCS(=O)(=O)CCNc1sc(C(N)=O)c(N)c1OC. The molecule has 0 saturated carbocycles. The number of amides is 1. The van der Waals surface area contributed by atoms with Crippen LogP contribution in [0, 0.1) is 0 Å². The van der Waals surface area contributed by atoms with Crippen LogP contribution in [0.15, 0.2) is 0 Å². The maximum atomic E-state index is 11.4. The fourth-order valence-electron chi connectivity index (χ4n) is 1.40. The summed E-state index contributed by atoms with van der Waals surface area (Å²) in [6.45, 7) is 1.80. The van der Waals surface area contributed by atoms with Crippen LogP contribution in [0.25, 0.3) is 0 Å². The summed E-state index contributed by atoms with van der Waals surface area (Å²) in [6.07, 6.45) is 0. The summed E-state index contributed by atoms with van der Waals surface area (Å²) in [6, 6.07) is 0. The predicted octanol–water partition coefficient (Wildman–Crippen LogP) is 0.284. The summed E-state index contributed by atoms with van der Waals surface area (Å²) < 4.78 is 27.8. The maximum absolute atomic E-state index is 11.4. The van der Waals surface area contributed by atoms with Gasteiger partial charge in [-0.05, 0) is 0 Å². The number of rotatable bonds is 7. The normalized spacial score (nSPS) is 11.3. The van der Waals surface area contributed by atoms with Crippen LogP contribution in [0.2, 0.25) is 0 Å². The smallest absolute Gasteiger partial charge is 0.261 e. The van der Waals surface area contributed by atoms with Crippen molar-refractivity contribution in [2.45, 2.75) is 6.92 Å². The van der Waals surface area contributed by atoms with Gasteiger partial charge in [0.15, 0.2) is 15.6 Å². The van der Waals surface area contributed by atoms with Gasteiger partial charge < -0.3 is 21.5 Å². The number of carbonyl (C=O) groups is 1. The van der Waals surface area contributed by atoms with Gasteiger partial charge in [0.25, 0.3) is 5.91 Å². The van der Waals surface area contributed by atoms with Crippen LogP contribution in [0.3, 0.4) is 0 Å². The minimum Gasteiger partial charge on any atom is -0.492 e. The Hall–Kier alpha value is -1.48. The van der Waals surface area contributed by atoms with E-state index < -0.39 is 15.7 Å². The highest BCUT2D eigenvalue weighted by Gasteiger charge is 2.20. The molecule has 1 amide bonds. The molecule has 0 aliphatic rings. The van der Waals surface area contributed by atoms with Crippen molar-refractivity contribution >= 4 is 37.8 Å². The van der Waals surface area contributed by atoms with Crippen LogP contribution in [0.4, 0.5) is 10.7 Å². The van der Waals surface area contributed by atoms with E-state index in [9.17, 15) is 13.2 Å². The van der Waals surface area contributed by atoms with Crippen LogP contribution in [0.5, 0.6) is 5.75 Å². The zero-order valence-electron chi connectivity index (χ0n) is 10.7. The molecule has 0 atom stereocenters. The molecule has 1 heterocycles. The number of ether oxygens (including phenoxy) is 1. The first kappa shape index (κ1) is 15.6. The van der Waals surface area contributed by atoms with Crippen LogP contribution >= 0.6 is 11.3 Å². The molecule has 0 unspecified atom stereocenters. The number of carbonyl (C=O) groups excluding carboxylic acids is 1. The van der Waals surface area contributed by atoms with Gasteiger partial charge >= 0.3 is 0 Å². The fourth-order valence-corrected chi connectivity index (χ4v) is 3.06. The maximum Gasteiger partial charge on any atom is 0.261 e. The van der Waals surface area contributed by atoms with Gasteiger partial charge in [-0.15, -0.1) is 11.3 Å². The van der Waals surface area contributed by atoms with Gasteiger partial charge in [-0.25, -0.2) is 8.42 Å². The Labute approximate surface area is 115 Å². The number of sulfone groups is 1. The van der Waals surface area contributed by atoms with E-state index in [-0.39, 0.29) is 28.6 Å². The topological polar surface area (TPSA) is 125 Å². The van der Waals surface area contributed by atoms with E-state index in [1.165, 1.54) is 7.11 Å². The van der Waals surface area contributed by atoms with Gasteiger partial charge in [0.05, 0.1) is 12.9 Å². The second kappa shape index (κ2) is 6.11. The van der Waals surface area contributed by atoms with Crippen molar-refractivity contribution < 1.29 is 17.9 Å². The van der Waals surface area contributed by atoms with E-state index in [1.807, 2.05) is 0 Å². The van der Waals surface area contributed by atoms with Crippen molar-refractivity contribution in [1.82, 2.24) is 0 Å². The minimum absolute atomic E-state index is 0.00361. The average Bonchev–Trinajstić information content (AvgIpc) is 2.66. The first-order valence-electron chi connectivity index (χ1n) is 5.52. The molecular weight excluding hydrogens is 290 g/mol. The lowest BCUT2D eigenvalue weighted by Crippen LogP contribution is -2.16. The second-order valence-corrected chi connectivity index (χ2v) is 7.23. The van der Waals surface area contributed by atoms with E-state index in [0.29, 0.717) is 10.8 Å². The predicted molar refractivity (Wildman–Crippen MR) is 76.6 cm³/mol. The summed E-state index contributed by atoms with van der Waals surface area (Å²) in [5.41, 5.74) is 11.1. The van der Waals surface area contributed by atoms with Gasteiger partial charge in [-0.3, -0.25) is 4.79 Å². The molecule has 1 rings (SSSR count). The standard InChI is InChI=1S/C10H17N3O4S2/c1-3-19(15,16)5-4-13-10-7(17-2)6(11)8(18-10)9(12)14/h13H,3-5,11H2,1-2H3,(H2,12,14). The Bertz CT molecular complexity index is 566. The molecule has 0 fully saturated rings. The molecule has 0 radical (unpaired) electrons. The first-order chi connectivity index (χ1) is 8.82. The number of thiophene rings is 1. The first-order valence-corrected chi connectivity index (χ1v) is 8.16. The zero-order chi connectivity index (χ0) is 14.6. The lowest BCUT2D eigenvalue weighted by molar-refractivity contribution is 0.100. The van der Waals surface area contributed by atoms with Gasteiger partial charge in [0.2, 0.25) is 0 Å². The number of nitrogens with one attached hydrogen (secondary N) is 1. The molecule has 0 aromatic carbocycles. The van der Waals surface area contributed by atoms with Crippen molar-refractivity contribution in [2.24, 2.45) is 5.73 Å². The lowest BCUT2D eigenvalue weighted by atomic mass is 10.3. The number of hydrogen-bond donors (Lipinski definition) is 3. The quantitative estimate of drug-likeness (QED) is 0.664. The Morgan fingerprint density at radius 1 is 1.47 bits per heavy atom. The Morgan fingerprint density at radius 2 is 2.11 bits per heavy atom. The van der Waals surface area contributed by atoms with Gasteiger partial charge in [0.1, 0.15) is 15.6 Å². The molecule has 0 aliphatic carbocycles. The van der Waals surface area contributed by atoms with Gasteiger partial charge in [-0.1, -0.05) is 6.92 Å². The monoisotopic (exact) mass is 307 g/mol. The summed E-state index contributed by atoms with van der Waals surface area (Å²) >= 11 is 1.05. The Morgan fingerprint density at radius 3 is 2.58 bits per heavy atom. The minimum atomic E-state index is -3.05. The molecule has 7 nitrogen and oxygen atoms in total. The van der Waals surface area contributed by atoms with E-state index in [2.05, 4.69) is 5.32 Å². The van der Waals surface area contributed by atoms with Crippen LogP contribution in [0.1, 0.15) is 16.6 Å². The average molecular weight is 307 g/mol. The number of methoxy groups -OCH3 is 1. The van der Waals surface area contributed by atoms with Gasteiger partial charge in [-0.2, -0.15) is 0 Å².